The Morgan fingerprint density at radius 1 is 1.23 bits per heavy atom. The largest absolute Gasteiger partial charge is 0.372 e. The molecule has 1 saturated heterocycles. The zero-order valence-corrected chi connectivity index (χ0v) is 8.50. The van der Waals surface area contributed by atoms with Gasteiger partial charge in [0.2, 0.25) is 0 Å². The van der Waals surface area contributed by atoms with Crippen LogP contribution in [-0.2, 0) is 0 Å². The van der Waals surface area contributed by atoms with Gasteiger partial charge in [0.15, 0.2) is 0 Å². The lowest BCUT2D eigenvalue weighted by molar-refractivity contribution is 0.242. The molecular formula is C12H19N. The minimum Gasteiger partial charge on any atom is -0.372 e. The minimum absolute atomic E-state index is 0.935. The first kappa shape index (κ1) is 8.86. The van der Waals surface area contributed by atoms with E-state index in [9.17, 15) is 0 Å². The average Bonchev–Trinajstić information content (AvgIpc) is 2.20. The molecule has 0 saturated carbocycles. The lowest BCUT2D eigenvalue weighted by Crippen LogP contribution is -2.31. The first-order chi connectivity index (χ1) is 6.36. The highest BCUT2D eigenvalue weighted by molar-refractivity contribution is 5.21. The number of nitrogens with zero attached hydrogens (tertiary/aromatic N) is 1. The van der Waals surface area contributed by atoms with Crippen LogP contribution in [0.1, 0.15) is 32.6 Å². The molecule has 0 aromatic carbocycles. The Bertz CT molecular complexity index is 219. The number of allylic oxidation sites excluding steroid dienone is 3. The van der Waals surface area contributed by atoms with Crippen molar-refractivity contribution in [3.8, 4) is 0 Å². The van der Waals surface area contributed by atoms with E-state index in [1.165, 1.54) is 44.5 Å². The molecule has 1 aliphatic carbocycles. The molecule has 0 N–H and O–H groups in total. The maximum atomic E-state index is 2.54. The van der Waals surface area contributed by atoms with Crippen LogP contribution in [-0.4, -0.2) is 18.0 Å². The number of likely N-dealkylation sites (tertiary alicyclic amines) is 1. The topological polar surface area (TPSA) is 3.24 Å². The number of hydrogen-bond acceptors (Lipinski definition) is 1. The summed E-state index contributed by atoms with van der Waals surface area (Å²) in [6.07, 6.45) is 12.2. The van der Waals surface area contributed by atoms with E-state index in [-0.39, 0.29) is 0 Å². The Labute approximate surface area is 81.1 Å². The molecular weight excluding hydrogens is 158 g/mol. The van der Waals surface area contributed by atoms with Crippen molar-refractivity contribution < 1.29 is 0 Å². The molecule has 72 valence electrons. The van der Waals surface area contributed by atoms with E-state index in [0.717, 1.165) is 5.92 Å². The molecule has 0 spiro atoms. The molecule has 0 unspecified atom stereocenters. The molecule has 2 rings (SSSR count). The van der Waals surface area contributed by atoms with Crippen LogP contribution in [0.2, 0.25) is 0 Å². The molecule has 1 heteroatoms. The Balaban J connectivity index is 1.94. The van der Waals surface area contributed by atoms with Gasteiger partial charge >= 0.3 is 0 Å². The van der Waals surface area contributed by atoms with Crippen molar-refractivity contribution in [3.63, 3.8) is 0 Å². The quantitative estimate of drug-likeness (QED) is 0.595. The predicted octanol–water partition coefficient (Wildman–Crippen LogP) is 2.95. The lowest BCUT2D eigenvalue weighted by atomic mass is 9.98. The average molecular weight is 177 g/mol. The predicted molar refractivity (Wildman–Crippen MR) is 56.4 cm³/mol. The van der Waals surface area contributed by atoms with Crippen molar-refractivity contribution in [2.75, 3.05) is 13.1 Å². The molecule has 1 heterocycles. The van der Waals surface area contributed by atoms with Crippen molar-refractivity contribution in [3.05, 3.63) is 23.9 Å². The molecule has 13 heavy (non-hydrogen) atoms. The summed E-state index contributed by atoms with van der Waals surface area (Å²) in [5, 5.41) is 0. The summed E-state index contributed by atoms with van der Waals surface area (Å²) in [6.45, 7) is 4.89. The van der Waals surface area contributed by atoms with E-state index in [1.54, 1.807) is 0 Å². The Morgan fingerprint density at radius 3 is 2.62 bits per heavy atom. The van der Waals surface area contributed by atoms with Gasteiger partial charge < -0.3 is 4.90 Å². The highest BCUT2D eigenvalue weighted by Crippen LogP contribution is 2.22. The van der Waals surface area contributed by atoms with Gasteiger partial charge in [-0.05, 0) is 37.7 Å². The highest BCUT2D eigenvalue weighted by atomic mass is 15.1. The first-order valence-corrected chi connectivity index (χ1v) is 5.48. The van der Waals surface area contributed by atoms with Crippen LogP contribution >= 0.6 is 0 Å². The second kappa shape index (κ2) is 3.99. The second-order valence-electron chi connectivity index (χ2n) is 4.28. The maximum Gasteiger partial charge on any atom is 0.0322 e. The van der Waals surface area contributed by atoms with Crippen LogP contribution in [0.5, 0.6) is 0 Å². The Hall–Kier alpha value is -0.720. The van der Waals surface area contributed by atoms with Crippen molar-refractivity contribution in [1.82, 2.24) is 4.90 Å². The highest BCUT2D eigenvalue weighted by Gasteiger charge is 2.16. The third-order valence-electron chi connectivity index (χ3n) is 3.12. The summed E-state index contributed by atoms with van der Waals surface area (Å²) in [5.41, 5.74) is 1.47. The van der Waals surface area contributed by atoms with E-state index in [2.05, 4.69) is 30.1 Å². The van der Waals surface area contributed by atoms with Gasteiger partial charge in [0, 0.05) is 18.8 Å². The van der Waals surface area contributed by atoms with Gasteiger partial charge in [-0.2, -0.15) is 0 Å². The van der Waals surface area contributed by atoms with Crippen molar-refractivity contribution >= 4 is 0 Å². The third kappa shape index (κ3) is 2.15. The molecule has 1 aliphatic heterocycles. The van der Waals surface area contributed by atoms with Gasteiger partial charge in [-0.1, -0.05) is 19.1 Å². The normalized spacial score (nSPS) is 24.7. The van der Waals surface area contributed by atoms with Crippen LogP contribution < -0.4 is 0 Å². The lowest BCUT2D eigenvalue weighted by Gasteiger charge is -2.33. The molecule has 1 fully saturated rings. The van der Waals surface area contributed by atoms with Gasteiger partial charge in [0.05, 0.1) is 0 Å². The molecule has 1 nitrogen and oxygen atoms in total. The van der Waals surface area contributed by atoms with Gasteiger partial charge in [0.1, 0.15) is 0 Å². The van der Waals surface area contributed by atoms with Crippen molar-refractivity contribution in [1.29, 1.82) is 0 Å². The van der Waals surface area contributed by atoms with Gasteiger partial charge in [-0.15, -0.1) is 0 Å². The van der Waals surface area contributed by atoms with Crippen LogP contribution in [0, 0.1) is 5.92 Å². The molecule has 0 radical (unpaired) electrons. The van der Waals surface area contributed by atoms with E-state index < -0.39 is 0 Å². The number of piperidine rings is 1. The van der Waals surface area contributed by atoms with E-state index in [1.807, 2.05) is 0 Å². The van der Waals surface area contributed by atoms with E-state index in [4.69, 9.17) is 0 Å². The van der Waals surface area contributed by atoms with Crippen LogP contribution in [0.15, 0.2) is 23.9 Å². The molecule has 0 amide bonds. The van der Waals surface area contributed by atoms with Crippen LogP contribution in [0.3, 0.4) is 0 Å². The molecule has 2 aliphatic rings. The molecule has 0 aromatic rings. The molecule has 0 bridgehead atoms. The van der Waals surface area contributed by atoms with Crippen molar-refractivity contribution in [2.45, 2.75) is 32.6 Å². The number of rotatable bonds is 1. The van der Waals surface area contributed by atoms with E-state index in [0.29, 0.717) is 0 Å². The monoisotopic (exact) mass is 177 g/mol. The van der Waals surface area contributed by atoms with E-state index >= 15 is 0 Å². The Morgan fingerprint density at radius 2 is 2.00 bits per heavy atom. The Kier molecular flexibility index (Phi) is 2.72. The van der Waals surface area contributed by atoms with Crippen LogP contribution in [0.4, 0.5) is 0 Å². The fraction of sp³-hybridized carbons (Fsp3) is 0.667. The van der Waals surface area contributed by atoms with Gasteiger partial charge in [-0.3, -0.25) is 0 Å². The minimum atomic E-state index is 0.935. The van der Waals surface area contributed by atoms with Gasteiger partial charge in [-0.25, -0.2) is 0 Å². The first-order valence-electron chi connectivity index (χ1n) is 5.48. The maximum absolute atomic E-state index is 2.54. The number of hydrogen-bond donors (Lipinski definition) is 0. The SMILES string of the molecule is CC1CCN(C2=CCCC=C2)CC1. The summed E-state index contributed by atoms with van der Waals surface area (Å²) in [5.74, 6) is 0.935. The second-order valence-corrected chi connectivity index (χ2v) is 4.28. The zero-order valence-electron chi connectivity index (χ0n) is 8.50. The smallest absolute Gasteiger partial charge is 0.0322 e. The summed E-state index contributed by atoms with van der Waals surface area (Å²) in [7, 11) is 0. The molecule has 0 atom stereocenters. The third-order valence-corrected chi connectivity index (χ3v) is 3.12. The van der Waals surface area contributed by atoms with Crippen LogP contribution in [0.25, 0.3) is 0 Å². The molecule has 0 aromatic heterocycles. The summed E-state index contributed by atoms with van der Waals surface area (Å²) in [6, 6.07) is 0. The van der Waals surface area contributed by atoms with Gasteiger partial charge in [0.25, 0.3) is 0 Å². The fourth-order valence-electron chi connectivity index (χ4n) is 2.10. The summed E-state index contributed by atoms with van der Waals surface area (Å²) < 4.78 is 0. The summed E-state index contributed by atoms with van der Waals surface area (Å²) >= 11 is 0. The standard InChI is InChI=1S/C12H19N/c1-11-7-9-13(10-8-11)12-5-3-2-4-6-12/h3,5-6,11H,2,4,7-10H2,1H3. The fourth-order valence-corrected chi connectivity index (χ4v) is 2.10. The zero-order chi connectivity index (χ0) is 9.10. The van der Waals surface area contributed by atoms with Crippen molar-refractivity contribution in [2.24, 2.45) is 5.92 Å². The summed E-state index contributed by atoms with van der Waals surface area (Å²) in [4.78, 5) is 2.54.